The van der Waals surface area contributed by atoms with Crippen LogP contribution in [0.4, 0.5) is 0 Å². The van der Waals surface area contributed by atoms with Crippen molar-refractivity contribution in [3.8, 4) is 0 Å². The Morgan fingerprint density at radius 3 is 2.73 bits per heavy atom. The molecule has 0 aliphatic carbocycles. The maximum Gasteiger partial charge on any atom is 0.306 e. The minimum atomic E-state index is -0.686. The van der Waals surface area contributed by atoms with E-state index >= 15 is 0 Å². The van der Waals surface area contributed by atoms with Crippen molar-refractivity contribution in [2.75, 3.05) is 6.26 Å². The van der Waals surface area contributed by atoms with Crippen molar-refractivity contribution in [3.05, 3.63) is 16.6 Å². The number of carbonyl (C=O) groups is 2. The van der Waals surface area contributed by atoms with Gasteiger partial charge in [0, 0.05) is 41.6 Å². The first-order valence-electron chi connectivity index (χ1n) is 12.0. The Morgan fingerprint density at radius 1 is 1.30 bits per heavy atom. The van der Waals surface area contributed by atoms with Gasteiger partial charge in [0.25, 0.3) is 0 Å². The van der Waals surface area contributed by atoms with Crippen LogP contribution in [0.2, 0.25) is 0 Å². The standard InChI is InChI=1S/C25H38N2O4S2/c1-15(12-17-14-33-24(26-17)32-5)21-13-19-18(27-19)8-6-7-9-20(28)16(2)23(30)25(3,4)11-10-22(29)31-21/h12,14,16,18-21,27-28H,6-11,13H2,1-5H3/b15-12+/t16-,18?,19?,20?,21?/m1/s1. The van der Waals surface area contributed by atoms with E-state index in [1.807, 2.05) is 38.5 Å². The Balaban J connectivity index is 1.74. The maximum atomic E-state index is 13.0. The second kappa shape index (κ2) is 11.5. The summed E-state index contributed by atoms with van der Waals surface area (Å²) in [4.78, 5) is 30.4. The number of ether oxygens (including phenoxy) is 1. The molecule has 8 heteroatoms. The Kier molecular flexibility index (Phi) is 9.17. The first kappa shape index (κ1) is 26.4. The highest BCUT2D eigenvalue weighted by Crippen LogP contribution is 2.32. The van der Waals surface area contributed by atoms with E-state index < -0.39 is 17.4 Å². The zero-order chi connectivity index (χ0) is 24.2. The molecule has 2 aliphatic heterocycles. The molecule has 0 spiro atoms. The topological polar surface area (TPSA) is 98.4 Å². The molecule has 33 heavy (non-hydrogen) atoms. The number of nitrogens with zero attached hydrogens (tertiary/aromatic N) is 1. The Morgan fingerprint density at radius 2 is 2.03 bits per heavy atom. The van der Waals surface area contributed by atoms with Gasteiger partial charge in [-0.25, -0.2) is 4.98 Å². The van der Waals surface area contributed by atoms with Gasteiger partial charge in [-0.1, -0.05) is 45.4 Å². The maximum absolute atomic E-state index is 13.0. The molecule has 1 aromatic heterocycles. The van der Waals surface area contributed by atoms with Gasteiger partial charge in [-0.2, -0.15) is 0 Å². The van der Waals surface area contributed by atoms with E-state index in [2.05, 4.69) is 10.3 Å². The molecule has 2 fully saturated rings. The van der Waals surface area contributed by atoms with Crippen molar-refractivity contribution in [2.45, 2.75) is 101 Å². The Labute approximate surface area is 206 Å². The SMILES string of the molecule is CSc1nc(/C=C(\C)C2CC3NC3CCCCC(O)[C@@H](C)C(=O)C(C)(C)CCC(=O)O2)cs1. The van der Waals surface area contributed by atoms with Gasteiger partial charge in [0.05, 0.1) is 11.8 Å². The lowest BCUT2D eigenvalue weighted by Crippen LogP contribution is -2.36. The van der Waals surface area contributed by atoms with Crippen molar-refractivity contribution in [3.63, 3.8) is 0 Å². The molecular weight excluding hydrogens is 456 g/mol. The molecule has 184 valence electrons. The van der Waals surface area contributed by atoms with Gasteiger partial charge < -0.3 is 15.2 Å². The zero-order valence-corrected chi connectivity index (χ0v) is 22.1. The van der Waals surface area contributed by atoms with Gasteiger partial charge in [0.1, 0.15) is 16.2 Å². The minimum absolute atomic E-state index is 0.0135. The van der Waals surface area contributed by atoms with Gasteiger partial charge in [0.2, 0.25) is 0 Å². The van der Waals surface area contributed by atoms with Crippen LogP contribution in [0.15, 0.2) is 15.3 Å². The molecule has 0 radical (unpaired) electrons. The number of ketones is 1. The van der Waals surface area contributed by atoms with Crippen molar-refractivity contribution in [1.29, 1.82) is 0 Å². The van der Waals surface area contributed by atoms with Gasteiger partial charge in [-0.05, 0) is 44.1 Å². The Hall–Kier alpha value is -1.22. The summed E-state index contributed by atoms with van der Waals surface area (Å²) in [6.07, 6.45) is 7.98. The molecule has 2 N–H and O–H groups in total. The molecule has 2 saturated heterocycles. The molecule has 3 heterocycles. The van der Waals surface area contributed by atoms with E-state index in [9.17, 15) is 14.7 Å². The summed E-state index contributed by atoms with van der Waals surface area (Å²) >= 11 is 3.23. The van der Waals surface area contributed by atoms with Crippen LogP contribution in [0.25, 0.3) is 6.08 Å². The third kappa shape index (κ3) is 7.38. The number of hydrogen-bond acceptors (Lipinski definition) is 8. The third-order valence-electron chi connectivity index (χ3n) is 6.98. The van der Waals surface area contributed by atoms with Crippen molar-refractivity contribution in [1.82, 2.24) is 10.3 Å². The fourth-order valence-corrected chi connectivity index (χ4v) is 5.79. The number of thiazole rings is 1. The molecule has 0 aromatic carbocycles. The third-order valence-corrected chi connectivity index (χ3v) is 8.86. The van der Waals surface area contributed by atoms with E-state index in [0.29, 0.717) is 24.9 Å². The quantitative estimate of drug-likeness (QED) is 0.352. The predicted molar refractivity (Wildman–Crippen MR) is 134 cm³/mol. The highest BCUT2D eigenvalue weighted by Gasteiger charge is 2.39. The number of aliphatic hydroxyl groups excluding tert-OH is 1. The number of cyclic esters (lactones) is 1. The van der Waals surface area contributed by atoms with E-state index in [1.54, 1.807) is 30.0 Å². The van der Waals surface area contributed by atoms with Crippen molar-refractivity contribution in [2.24, 2.45) is 11.3 Å². The molecule has 2 aliphatic rings. The number of nitrogens with one attached hydrogen (secondary N) is 1. The number of carbonyl (C=O) groups excluding carboxylic acids is 2. The van der Waals surface area contributed by atoms with Crippen LogP contribution >= 0.6 is 23.1 Å². The van der Waals surface area contributed by atoms with Crippen LogP contribution in [-0.2, 0) is 14.3 Å². The van der Waals surface area contributed by atoms with E-state index in [0.717, 1.165) is 41.3 Å². The summed E-state index contributed by atoms with van der Waals surface area (Å²) < 4.78 is 6.97. The number of rotatable bonds is 3. The first-order valence-corrected chi connectivity index (χ1v) is 14.1. The molecule has 3 rings (SSSR count). The van der Waals surface area contributed by atoms with Gasteiger partial charge in [-0.3, -0.25) is 9.59 Å². The van der Waals surface area contributed by atoms with Crippen LogP contribution < -0.4 is 5.32 Å². The molecule has 1 aromatic rings. The molecule has 6 nitrogen and oxygen atoms in total. The van der Waals surface area contributed by atoms with Crippen LogP contribution in [0.5, 0.6) is 0 Å². The zero-order valence-electron chi connectivity index (χ0n) is 20.4. The fourth-order valence-electron chi connectivity index (χ4n) is 4.56. The van der Waals surface area contributed by atoms with Crippen LogP contribution in [0, 0.1) is 11.3 Å². The van der Waals surface area contributed by atoms with Crippen LogP contribution in [-0.4, -0.2) is 52.4 Å². The summed E-state index contributed by atoms with van der Waals surface area (Å²) in [5.41, 5.74) is 1.20. The molecular formula is C25H38N2O4S2. The minimum Gasteiger partial charge on any atom is -0.458 e. The van der Waals surface area contributed by atoms with E-state index in [-0.39, 0.29) is 24.3 Å². The smallest absolute Gasteiger partial charge is 0.306 e. The summed E-state index contributed by atoms with van der Waals surface area (Å²) in [7, 11) is 0. The van der Waals surface area contributed by atoms with Crippen LogP contribution in [0.1, 0.15) is 78.3 Å². The number of hydrogen-bond donors (Lipinski definition) is 2. The predicted octanol–water partition coefficient (Wildman–Crippen LogP) is 4.86. The summed E-state index contributed by atoms with van der Waals surface area (Å²) in [6.45, 7) is 7.53. The lowest BCUT2D eigenvalue weighted by Gasteiger charge is -2.29. The van der Waals surface area contributed by atoms with Gasteiger partial charge in [-0.15, -0.1) is 11.3 Å². The lowest BCUT2D eigenvalue weighted by atomic mass is 9.76. The van der Waals surface area contributed by atoms with Crippen LogP contribution in [0.3, 0.4) is 0 Å². The van der Waals surface area contributed by atoms with E-state index in [4.69, 9.17) is 4.74 Å². The van der Waals surface area contributed by atoms with Gasteiger partial charge in [0.15, 0.2) is 0 Å². The molecule has 0 amide bonds. The van der Waals surface area contributed by atoms with Crippen molar-refractivity contribution >= 4 is 40.9 Å². The Bertz CT molecular complexity index is 866. The number of fused-ring (bicyclic) bond motifs is 1. The second-order valence-electron chi connectivity index (χ2n) is 10.1. The average Bonchev–Trinajstić information content (AvgIpc) is 3.36. The number of esters is 1. The monoisotopic (exact) mass is 494 g/mol. The summed E-state index contributed by atoms with van der Waals surface area (Å²) in [6, 6.07) is 0.752. The second-order valence-corrected chi connectivity index (χ2v) is 12.0. The number of aromatic nitrogens is 1. The van der Waals surface area contributed by atoms with E-state index in [1.165, 1.54) is 0 Å². The summed E-state index contributed by atoms with van der Waals surface area (Å²) in [5, 5.41) is 16.1. The number of thioether (sulfide) groups is 1. The molecule has 0 saturated carbocycles. The highest BCUT2D eigenvalue weighted by molar-refractivity contribution is 8.00. The first-order chi connectivity index (χ1) is 15.6. The molecule has 5 atom stereocenters. The number of aliphatic hydroxyl groups is 1. The number of Topliss-reactive ketones (excluding diaryl/α,β-unsaturated/α-hetero) is 1. The van der Waals surface area contributed by atoms with Gasteiger partial charge >= 0.3 is 5.97 Å². The molecule has 4 unspecified atom stereocenters. The normalized spacial score (nSPS) is 32.2. The summed E-state index contributed by atoms with van der Waals surface area (Å²) in [5.74, 6) is -0.702. The lowest BCUT2D eigenvalue weighted by molar-refractivity contribution is -0.148. The largest absolute Gasteiger partial charge is 0.458 e. The van der Waals surface area contributed by atoms with Crippen molar-refractivity contribution < 1.29 is 19.4 Å². The fraction of sp³-hybridized carbons (Fsp3) is 0.720. The molecule has 0 bridgehead atoms. The average molecular weight is 495 g/mol. The highest BCUT2D eigenvalue weighted by atomic mass is 32.2.